The van der Waals surface area contributed by atoms with Gasteiger partial charge in [-0.15, -0.1) is 0 Å². The van der Waals surface area contributed by atoms with Crippen molar-refractivity contribution in [3.05, 3.63) is 62.1 Å². The Hall–Kier alpha value is -2.35. The second-order valence-electron chi connectivity index (χ2n) is 5.52. The number of nitro benzene ring substituents is 1. The minimum absolute atomic E-state index is 0.0807. The summed E-state index contributed by atoms with van der Waals surface area (Å²) in [4.78, 5) is 25.2. The third kappa shape index (κ3) is 4.07. The molecule has 0 saturated carbocycles. The minimum atomic E-state index is -0.751. The summed E-state index contributed by atoms with van der Waals surface area (Å²) in [6.45, 7) is 2.14. The molecule has 0 bridgehead atoms. The highest BCUT2D eigenvalue weighted by Gasteiger charge is 2.24. The summed E-state index contributed by atoms with van der Waals surface area (Å²) < 4.78 is 10.7. The molecule has 1 aliphatic rings. The summed E-state index contributed by atoms with van der Waals surface area (Å²) in [5.74, 6) is -0.664. The normalized spacial score (nSPS) is 14.2. The Balaban J connectivity index is 1.97. The zero-order chi connectivity index (χ0) is 18.7. The van der Waals surface area contributed by atoms with Gasteiger partial charge in [0.2, 0.25) is 0 Å². The summed E-state index contributed by atoms with van der Waals surface area (Å²) in [6.07, 6.45) is 0. The average molecular weight is 397 g/mol. The van der Waals surface area contributed by atoms with E-state index in [0.717, 1.165) is 0 Å². The fourth-order valence-electron chi connectivity index (χ4n) is 2.59. The van der Waals surface area contributed by atoms with Gasteiger partial charge in [-0.25, -0.2) is 4.79 Å². The van der Waals surface area contributed by atoms with Gasteiger partial charge in [0, 0.05) is 36.3 Å². The molecule has 1 saturated heterocycles. The largest absolute Gasteiger partial charge is 0.421 e. The number of anilines is 1. The molecule has 0 aromatic heterocycles. The number of rotatable bonds is 4. The second kappa shape index (κ2) is 7.90. The first-order valence-corrected chi connectivity index (χ1v) is 8.49. The van der Waals surface area contributed by atoms with Crippen LogP contribution in [0.1, 0.15) is 10.4 Å². The summed E-state index contributed by atoms with van der Waals surface area (Å²) >= 11 is 11.9. The summed E-state index contributed by atoms with van der Waals surface area (Å²) in [5.41, 5.74) is 0.422. The molecule has 0 radical (unpaired) electrons. The van der Waals surface area contributed by atoms with Gasteiger partial charge in [-0.1, -0.05) is 23.2 Å². The van der Waals surface area contributed by atoms with Crippen LogP contribution in [0.3, 0.4) is 0 Å². The standard InChI is InChI=1S/C17H14Cl2N2O5/c18-11-1-3-14(19)16(9-11)26-17(22)13-10-12(21(23)24)2-4-15(13)20-5-7-25-8-6-20/h1-4,9-10H,5-8H2. The van der Waals surface area contributed by atoms with Crippen LogP contribution in [0.2, 0.25) is 10.0 Å². The summed E-state index contributed by atoms with van der Waals surface area (Å²) in [6, 6.07) is 8.57. The quantitative estimate of drug-likeness (QED) is 0.336. The topological polar surface area (TPSA) is 81.9 Å². The third-order valence-electron chi connectivity index (χ3n) is 3.86. The van der Waals surface area contributed by atoms with Crippen LogP contribution < -0.4 is 9.64 Å². The highest BCUT2D eigenvalue weighted by Crippen LogP contribution is 2.31. The lowest BCUT2D eigenvalue weighted by molar-refractivity contribution is -0.384. The van der Waals surface area contributed by atoms with E-state index in [0.29, 0.717) is 37.0 Å². The number of esters is 1. The third-order valence-corrected chi connectivity index (χ3v) is 4.41. The zero-order valence-corrected chi connectivity index (χ0v) is 15.0. The summed E-state index contributed by atoms with van der Waals surface area (Å²) in [5, 5.41) is 11.7. The lowest BCUT2D eigenvalue weighted by atomic mass is 10.1. The van der Waals surface area contributed by atoms with Crippen molar-refractivity contribution in [2.45, 2.75) is 0 Å². The van der Waals surface area contributed by atoms with Crippen molar-refractivity contribution in [2.75, 3.05) is 31.2 Å². The summed E-state index contributed by atoms with van der Waals surface area (Å²) in [7, 11) is 0. The number of benzene rings is 2. The fraction of sp³-hybridized carbons (Fsp3) is 0.235. The number of carbonyl (C=O) groups excluding carboxylic acids is 1. The van der Waals surface area contributed by atoms with E-state index in [1.54, 1.807) is 12.1 Å². The van der Waals surface area contributed by atoms with E-state index in [2.05, 4.69) is 0 Å². The maximum Gasteiger partial charge on any atom is 0.345 e. The molecular weight excluding hydrogens is 383 g/mol. The van der Waals surface area contributed by atoms with Gasteiger partial charge < -0.3 is 14.4 Å². The van der Waals surface area contributed by atoms with Gasteiger partial charge in [0.05, 0.1) is 34.4 Å². The molecule has 26 heavy (non-hydrogen) atoms. The number of nitrogens with zero attached hydrogens (tertiary/aromatic N) is 2. The monoisotopic (exact) mass is 396 g/mol. The van der Waals surface area contributed by atoms with Gasteiger partial charge in [-0.3, -0.25) is 10.1 Å². The second-order valence-corrected chi connectivity index (χ2v) is 6.37. The van der Waals surface area contributed by atoms with Gasteiger partial charge in [-0.05, 0) is 18.2 Å². The van der Waals surface area contributed by atoms with E-state index in [1.807, 2.05) is 4.90 Å². The molecular formula is C17H14Cl2N2O5. The Morgan fingerprint density at radius 1 is 1.15 bits per heavy atom. The van der Waals surface area contributed by atoms with E-state index in [9.17, 15) is 14.9 Å². The number of morpholine rings is 1. The van der Waals surface area contributed by atoms with Crippen LogP contribution in [0.4, 0.5) is 11.4 Å². The van der Waals surface area contributed by atoms with Crippen molar-refractivity contribution in [3.63, 3.8) is 0 Å². The molecule has 9 heteroatoms. The molecule has 1 fully saturated rings. The maximum absolute atomic E-state index is 12.7. The lowest BCUT2D eigenvalue weighted by Gasteiger charge is -2.30. The molecule has 0 N–H and O–H groups in total. The van der Waals surface area contributed by atoms with Crippen LogP contribution in [0.25, 0.3) is 0 Å². The van der Waals surface area contributed by atoms with E-state index in [-0.39, 0.29) is 22.0 Å². The predicted octanol–water partition coefficient (Wildman–Crippen LogP) is 3.96. The minimum Gasteiger partial charge on any atom is -0.421 e. The van der Waals surface area contributed by atoms with E-state index >= 15 is 0 Å². The van der Waals surface area contributed by atoms with Crippen molar-refractivity contribution in [2.24, 2.45) is 0 Å². The maximum atomic E-state index is 12.7. The van der Waals surface area contributed by atoms with Gasteiger partial charge in [0.1, 0.15) is 0 Å². The first-order chi connectivity index (χ1) is 12.5. The number of ether oxygens (including phenoxy) is 2. The Morgan fingerprint density at radius 3 is 2.58 bits per heavy atom. The SMILES string of the molecule is O=C(Oc1cc(Cl)ccc1Cl)c1cc([N+](=O)[O-])ccc1N1CCOCC1. The number of non-ortho nitro benzene ring substituents is 1. The Morgan fingerprint density at radius 2 is 1.88 bits per heavy atom. The van der Waals surface area contributed by atoms with Crippen LogP contribution in [-0.2, 0) is 4.74 Å². The highest BCUT2D eigenvalue weighted by atomic mass is 35.5. The molecule has 0 spiro atoms. The number of carbonyl (C=O) groups is 1. The van der Waals surface area contributed by atoms with Crippen LogP contribution in [0.15, 0.2) is 36.4 Å². The Kier molecular flexibility index (Phi) is 5.61. The molecule has 7 nitrogen and oxygen atoms in total. The molecule has 0 aliphatic carbocycles. The lowest BCUT2D eigenvalue weighted by Crippen LogP contribution is -2.37. The number of hydrogen-bond donors (Lipinski definition) is 0. The molecule has 1 heterocycles. The van der Waals surface area contributed by atoms with Crippen molar-refractivity contribution in [3.8, 4) is 5.75 Å². The fourth-order valence-corrected chi connectivity index (χ4v) is 2.91. The highest BCUT2D eigenvalue weighted by molar-refractivity contribution is 6.34. The van der Waals surface area contributed by atoms with Gasteiger partial charge in [0.25, 0.3) is 5.69 Å². The zero-order valence-electron chi connectivity index (χ0n) is 13.5. The molecule has 2 aromatic carbocycles. The Labute approximate surface area is 159 Å². The molecule has 136 valence electrons. The van der Waals surface area contributed by atoms with Gasteiger partial charge in [0.15, 0.2) is 5.75 Å². The van der Waals surface area contributed by atoms with Crippen molar-refractivity contribution >= 4 is 40.5 Å². The smallest absolute Gasteiger partial charge is 0.345 e. The molecule has 0 amide bonds. The van der Waals surface area contributed by atoms with Gasteiger partial charge >= 0.3 is 5.97 Å². The first-order valence-electron chi connectivity index (χ1n) is 7.74. The van der Waals surface area contributed by atoms with E-state index in [4.69, 9.17) is 32.7 Å². The average Bonchev–Trinajstić information content (AvgIpc) is 2.65. The molecule has 0 unspecified atom stereocenters. The van der Waals surface area contributed by atoms with Crippen molar-refractivity contribution in [1.82, 2.24) is 0 Å². The number of nitro groups is 1. The predicted molar refractivity (Wildman–Crippen MR) is 97.5 cm³/mol. The molecule has 1 aliphatic heterocycles. The van der Waals surface area contributed by atoms with Crippen LogP contribution in [0.5, 0.6) is 5.75 Å². The van der Waals surface area contributed by atoms with Crippen molar-refractivity contribution in [1.29, 1.82) is 0 Å². The number of hydrogen-bond acceptors (Lipinski definition) is 6. The molecule has 0 atom stereocenters. The first kappa shape index (κ1) is 18.4. The van der Waals surface area contributed by atoms with Gasteiger partial charge in [-0.2, -0.15) is 0 Å². The molecule has 3 rings (SSSR count). The van der Waals surface area contributed by atoms with Crippen LogP contribution in [-0.4, -0.2) is 37.2 Å². The van der Waals surface area contributed by atoms with E-state index < -0.39 is 10.9 Å². The van der Waals surface area contributed by atoms with E-state index in [1.165, 1.54) is 24.3 Å². The molecule has 2 aromatic rings. The number of halogens is 2. The Bertz CT molecular complexity index is 853. The van der Waals surface area contributed by atoms with Crippen LogP contribution >= 0.6 is 23.2 Å². The van der Waals surface area contributed by atoms with Crippen molar-refractivity contribution < 1.29 is 19.2 Å². The van der Waals surface area contributed by atoms with Crippen LogP contribution in [0, 0.1) is 10.1 Å².